The van der Waals surface area contributed by atoms with Crippen molar-refractivity contribution in [2.24, 2.45) is 0 Å². The van der Waals surface area contributed by atoms with E-state index >= 15 is 0 Å². The van der Waals surface area contributed by atoms with Gasteiger partial charge in [0.25, 0.3) is 0 Å². The second-order valence-corrected chi connectivity index (χ2v) is 0.996. The molecule has 0 saturated heterocycles. The van der Waals surface area contributed by atoms with Gasteiger partial charge >= 0.3 is 0 Å². The van der Waals surface area contributed by atoms with Gasteiger partial charge in [-0.1, -0.05) is 0 Å². The molecule has 0 aliphatic carbocycles. The van der Waals surface area contributed by atoms with E-state index < -0.39 is 0 Å². The summed E-state index contributed by atoms with van der Waals surface area (Å²) in [4.78, 5) is 9.14. The van der Waals surface area contributed by atoms with E-state index in [1.165, 1.54) is 11.6 Å². The molecule has 0 aromatic rings. The van der Waals surface area contributed by atoms with Crippen molar-refractivity contribution in [3.8, 4) is 0 Å². The van der Waals surface area contributed by atoms with Gasteiger partial charge < -0.3 is 0 Å². The molecule has 0 aromatic carbocycles. The second kappa shape index (κ2) is 3.08. The lowest BCUT2D eigenvalue weighted by Gasteiger charge is -1.52. The first kappa shape index (κ1) is 4.08. The van der Waals surface area contributed by atoms with Gasteiger partial charge in [0, 0.05) is 0 Å². The first-order valence-corrected chi connectivity index (χ1v) is 2.17. The third-order valence-electron chi connectivity index (χ3n) is 0.0962. The van der Waals surface area contributed by atoms with Crippen LogP contribution in [0.25, 0.3) is 0 Å². The van der Waals surface area contributed by atoms with Crippen molar-refractivity contribution < 1.29 is 4.79 Å². The van der Waals surface area contributed by atoms with Crippen LogP contribution >= 0.6 is 11.6 Å². The fourth-order valence-corrected chi connectivity index (χ4v) is 0. The first-order chi connectivity index (χ1) is 1.91. The minimum absolute atomic E-state index is 0.792. The van der Waals surface area contributed by atoms with Crippen LogP contribution in [0.4, 0.5) is 0 Å². The molecule has 0 fully saturated rings. The van der Waals surface area contributed by atoms with Crippen LogP contribution in [-0.4, -0.2) is 12.7 Å². The van der Waals surface area contributed by atoms with Crippen molar-refractivity contribution in [2.45, 2.75) is 0 Å². The minimum atomic E-state index is 0.792. The lowest BCUT2D eigenvalue weighted by Crippen LogP contribution is -1.47. The topological polar surface area (TPSA) is 17.1 Å². The molecule has 1 nitrogen and oxygen atoms in total. The molecule has 4 heavy (non-hydrogen) atoms. The Kier molecular flexibility index (Phi) is 3.15. The third kappa shape index (κ3) is 2.08. The summed E-state index contributed by atoms with van der Waals surface area (Å²) in [6.45, 7) is 0. The van der Waals surface area contributed by atoms with Crippen LogP contribution < -0.4 is 0 Å². The third-order valence-corrected chi connectivity index (χ3v) is 0.289. The van der Waals surface area contributed by atoms with E-state index in [2.05, 4.69) is 0 Å². The van der Waals surface area contributed by atoms with Gasteiger partial charge in [0.1, 0.15) is 0 Å². The monoisotopic (exact) mass is 74.0 g/mol. The number of hydrogen-bond acceptors (Lipinski definition) is 2. The standard InChI is InChI=1S/CH3BOS/c2-4-1-3/h1H,2H2. The Balaban J connectivity index is 2.30. The van der Waals surface area contributed by atoms with Gasteiger partial charge in [0.15, 0.2) is 12.7 Å². The molecule has 0 atom stereocenters. The quantitative estimate of drug-likeness (QED) is 0.307. The van der Waals surface area contributed by atoms with Crippen molar-refractivity contribution in [1.82, 2.24) is 0 Å². The van der Waals surface area contributed by atoms with E-state index in [1.54, 1.807) is 7.12 Å². The SMILES string of the molecule is BSC=O. The van der Waals surface area contributed by atoms with Crippen molar-refractivity contribution in [3.05, 3.63) is 0 Å². The van der Waals surface area contributed by atoms with Gasteiger partial charge in [-0.05, 0) is 0 Å². The zero-order chi connectivity index (χ0) is 3.41. The Morgan fingerprint density at radius 1 is 2.00 bits per heavy atom. The summed E-state index contributed by atoms with van der Waals surface area (Å²) in [7, 11) is 1.73. The van der Waals surface area contributed by atoms with Gasteiger partial charge in [0.05, 0.1) is 0 Å². The molecule has 0 aliphatic rings. The largest absolute Gasteiger partial charge is 0.292 e. The highest BCUT2D eigenvalue weighted by molar-refractivity contribution is 8.30. The van der Waals surface area contributed by atoms with Crippen molar-refractivity contribution >= 4 is 24.4 Å². The molecule has 0 saturated carbocycles. The van der Waals surface area contributed by atoms with Gasteiger partial charge in [0.2, 0.25) is 0 Å². The summed E-state index contributed by atoms with van der Waals surface area (Å²) in [5, 5.41) is 0. The van der Waals surface area contributed by atoms with E-state index in [9.17, 15) is 0 Å². The first-order valence-electron chi connectivity index (χ1n) is 0.880. The van der Waals surface area contributed by atoms with Crippen LogP contribution in [0.2, 0.25) is 0 Å². The Labute approximate surface area is 30.1 Å². The highest BCUT2D eigenvalue weighted by Crippen LogP contribution is 1.71. The average Bonchev–Trinajstić information content (AvgIpc) is 1.37. The highest BCUT2D eigenvalue weighted by atomic mass is 32.2. The van der Waals surface area contributed by atoms with Crippen LogP contribution in [0.5, 0.6) is 0 Å². The summed E-state index contributed by atoms with van der Waals surface area (Å²) < 4.78 is 0. The second-order valence-electron chi connectivity index (χ2n) is 0.332. The van der Waals surface area contributed by atoms with E-state index in [1.807, 2.05) is 0 Å². The molecule has 0 radical (unpaired) electrons. The summed E-state index contributed by atoms with van der Waals surface area (Å²) >= 11 is 1.18. The molecular formula is CH3BOS. The molecule has 3 heteroatoms. The van der Waals surface area contributed by atoms with Crippen molar-refractivity contribution in [2.75, 3.05) is 0 Å². The fourth-order valence-electron chi connectivity index (χ4n) is 0. The average molecular weight is 73.9 g/mol. The maximum absolute atomic E-state index is 9.14. The molecule has 0 N–H and O–H groups in total. The summed E-state index contributed by atoms with van der Waals surface area (Å²) in [5.41, 5.74) is 0.792. The van der Waals surface area contributed by atoms with E-state index in [4.69, 9.17) is 4.79 Å². The molecule has 0 aliphatic heterocycles. The Hall–Kier alpha value is 0.0849. The van der Waals surface area contributed by atoms with Crippen LogP contribution in [-0.2, 0) is 4.79 Å². The minimum Gasteiger partial charge on any atom is -0.292 e. The van der Waals surface area contributed by atoms with Crippen LogP contribution in [0.3, 0.4) is 0 Å². The maximum Gasteiger partial charge on any atom is 0.183 e. The number of carbonyl (C=O) groups is 1. The summed E-state index contributed by atoms with van der Waals surface area (Å²) in [6.07, 6.45) is 0. The number of rotatable bonds is 1. The smallest absolute Gasteiger partial charge is 0.183 e. The van der Waals surface area contributed by atoms with Crippen molar-refractivity contribution in [1.29, 1.82) is 0 Å². The Morgan fingerprint density at radius 3 is 2.25 bits per heavy atom. The van der Waals surface area contributed by atoms with Crippen LogP contribution in [0, 0.1) is 0 Å². The lowest BCUT2D eigenvalue weighted by molar-refractivity contribution is 0.570. The van der Waals surface area contributed by atoms with Gasteiger partial charge in [-0.25, -0.2) is 0 Å². The van der Waals surface area contributed by atoms with E-state index in [0.29, 0.717) is 0 Å². The molecule has 0 aromatic heterocycles. The van der Waals surface area contributed by atoms with E-state index in [0.717, 1.165) is 5.62 Å². The van der Waals surface area contributed by atoms with Crippen LogP contribution in [0.15, 0.2) is 0 Å². The zero-order valence-corrected chi connectivity index (χ0v) is 3.21. The summed E-state index contributed by atoms with van der Waals surface area (Å²) in [5.74, 6) is 0. The van der Waals surface area contributed by atoms with Crippen molar-refractivity contribution in [3.63, 3.8) is 0 Å². The predicted octanol–water partition coefficient (Wildman–Crippen LogP) is -0.542. The molecule has 0 unspecified atom stereocenters. The highest BCUT2D eigenvalue weighted by Gasteiger charge is 1.52. The molecular weight excluding hydrogens is 70.9 g/mol. The Bertz CT molecular complexity index is 22.0. The summed E-state index contributed by atoms with van der Waals surface area (Å²) in [6, 6.07) is 0. The molecule has 0 rings (SSSR count). The molecule has 0 amide bonds. The van der Waals surface area contributed by atoms with Gasteiger partial charge in [-0.15, -0.1) is 0 Å². The zero-order valence-electron chi connectivity index (χ0n) is 2.39. The van der Waals surface area contributed by atoms with Gasteiger partial charge in [-0.3, -0.25) is 4.79 Å². The lowest BCUT2D eigenvalue weighted by atomic mass is 10.8. The molecule has 0 heterocycles. The number of hydrogen-bond donors (Lipinski definition) is 0. The maximum atomic E-state index is 9.14. The fraction of sp³-hybridized carbons (Fsp3) is 0. The van der Waals surface area contributed by atoms with Crippen LogP contribution in [0.1, 0.15) is 0 Å². The molecule has 22 valence electrons. The Morgan fingerprint density at radius 2 is 2.25 bits per heavy atom. The molecule has 0 bridgehead atoms. The normalized spacial score (nSPS) is 6.00. The predicted molar refractivity (Wildman–Crippen MR) is 22.9 cm³/mol. The van der Waals surface area contributed by atoms with E-state index in [-0.39, 0.29) is 0 Å². The van der Waals surface area contributed by atoms with Gasteiger partial charge in [-0.2, -0.15) is 11.6 Å². The number of carbonyl (C=O) groups excluding carboxylic acids is 1. The molecule has 0 spiro atoms.